The normalized spacial score (nSPS) is 12.0. The van der Waals surface area contributed by atoms with Gasteiger partial charge in [-0.25, -0.2) is 4.98 Å². The summed E-state index contributed by atoms with van der Waals surface area (Å²) in [6.45, 7) is 3.61. The van der Waals surface area contributed by atoms with Crippen molar-refractivity contribution < 1.29 is 4.42 Å². The molecule has 3 aromatic heterocycles. The third-order valence-electron chi connectivity index (χ3n) is 5.09. The quantitative estimate of drug-likeness (QED) is 0.474. The van der Waals surface area contributed by atoms with E-state index >= 15 is 0 Å². The van der Waals surface area contributed by atoms with Crippen LogP contribution in [0, 0.1) is 18.3 Å². The molecule has 1 atom stereocenters. The van der Waals surface area contributed by atoms with Crippen molar-refractivity contribution in [1.82, 2.24) is 19.7 Å². The molecule has 0 saturated heterocycles. The molecule has 0 fully saturated rings. The summed E-state index contributed by atoms with van der Waals surface area (Å²) in [6, 6.07) is 11.0. The van der Waals surface area contributed by atoms with Gasteiger partial charge in [-0.05, 0) is 42.7 Å². The average Bonchev–Trinajstić information content (AvgIpc) is 3.18. The number of aromatic nitrogens is 4. The minimum absolute atomic E-state index is 0.135. The van der Waals surface area contributed by atoms with Crippen molar-refractivity contribution in [1.29, 1.82) is 5.26 Å². The van der Waals surface area contributed by atoms with Gasteiger partial charge < -0.3 is 14.3 Å². The lowest BCUT2D eigenvalue weighted by Crippen LogP contribution is -2.18. The van der Waals surface area contributed by atoms with E-state index < -0.39 is 0 Å². The number of halogens is 1. The Morgan fingerprint density at radius 3 is 2.81 bits per heavy atom. The maximum absolute atomic E-state index is 12.5. The Balaban J connectivity index is 1.77. The maximum Gasteiger partial charge on any atom is 0.252 e. The van der Waals surface area contributed by atoms with E-state index in [1.165, 1.54) is 0 Å². The van der Waals surface area contributed by atoms with Crippen molar-refractivity contribution in [3.8, 4) is 6.07 Å². The maximum atomic E-state index is 12.5. The van der Waals surface area contributed by atoms with Gasteiger partial charge in [-0.15, -0.1) is 10.2 Å². The number of pyridine rings is 2. The molecule has 0 aliphatic carbocycles. The predicted molar refractivity (Wildman–Crippen MR) is 117 cm³/mol. The first-order chi connectivity index (χ1) is 14.9. The predicted octanol–water partition coefficient (Wildman–Crippen LogP) is 3.91. The summed E-state index contributed by atoms with van der Waals surface area (Å²) in [5.74, 6) is 0.914. The molecule has 0 aliphatic heterocycles. The van der Waals surface area contributed by atoms with E-state index in [9.17, 15) is 10.1 Å². The van der Waals surface area contributed by atoms with Gasteiger partial charge in [0.05, 0.1) is 11.1 Å². The highest BCUT2D eigenvalue weighted by Crippen LogP contribution is 2.28. The second kappa shape index (κ2) is 8.20. The number of benzene rings is 1. The third-order valence-corrected chi connectivity index (χ3v) is 5.38. The number of nitrogens with zero attached hydrogens (tertiary/aromatic N) is 5. The molecule has 3 heterocycles. The first kappa shape index (κ1) is 20.6. The van der Waals surface area contributed by atoms with Crippen LogP contribution in [0.3, 0.4) is 0 Å². The molecule has 1 N–H and O–H groups in total. The largest absolute Gasteiger partial charge is 0.423 e. The van der Waals surface area contributed by atoms with Gasteiger partial charge in [0, 0.05) is 37.3 Å². The Bertz CT molecular complexity index is 1390. The average molecular weight is 435 g/mol. The van der Waals surface area contributed by atoms with Crippen molar-refractivity contribution in [2.75, 3.05) is 5.32 Å². The van der Waals surface area contributed by atoms with Crippen LogP contribution in [0.4, 0.5) is 5.69 Å². The zero-order chi connectivity index (χ0) is 22.1. The molecule has 1 aromatic carbocycles. The van der Waals surface area contributed by atoms with E-state index in [1.807, 2.05) is 25.1 Å². The minimum atomic E-state index is -0.288. The highest BCUT2D eigenvalue weighted by Gasteiger charge is 2.16. The highest BCUT2D eigenvalue weighted by atomic mass is 35.5. The molecule has 8 nitrogen and oxygen atoms in total. The number of anilines is 1. The summed E-state index contributed by atoms with van der Waals surface area (Å²) in [7, 11) is 1.73. The van der Waals surface area contributed by atoms with Crippen molar-refractivity contribution in [3.63, 3.8) is 0 Å². The van der Waals surface area contributed by atoms with E-state index in [0.717, 1.165) is 22.0 Å². The van der Waals surface area contributed by atoms with Crippen molar-refractivity contribution in [2.45, 2.75) is 26.3 Å². The molecule has 4 rings (SSSR count). The number of nitriles is 1. The third kappa shape index (κ3) is 4.00. The molecule has 0 saturated carbocycles. The molecular formula is C22H19ClN6O2. The van der Waals surface area contributed by atoms with Crippen LogP contribution in [0.25, 0.3) is 10.9 Å². The number of hydrogen-bond donors (Lipinski definition) is 1. The van der Waals surface area contributed by atoms with Crippen LogP contribution in [0.2, 0.25) is 5.15 Å². The van der Waals surface area contributed by atoms with Gasteiger partial charge in [0.25, 0.3) is 5.56 Å². The summed E-state index contributed by atoms with van der Waals surface area (Å²) in [5, 5.41) is 21.7. The number of aryl methyl sites for hydroxylation is 2. The first-order valence-corrected chi connectivity index (χ1v) is 9.98. The lowest BCUT2D eigenvalue weighted by atomic mass is 10.00. The molecule has 0 aliphatic rings. The zero-order valence-electron chi connectivity index (χ0n) is 17.2. The summed E-state index contributed by atoms with van der Waals surface area (Å²) in [6.07, 6.45) is 2.09. The molecule has 31 heavy (non-hydrogen) atoms. The van der Waals surface area contributed by atoms with Crippen molar-refractivity contribution >= 4 is 28.2 Å². The zero-order valence-corrected chi connectivity index (χ0v) is 17.9. The van der Waals surface area contributed by atoms with E-state index in [2.05, 4.69) is 26.6 Å². The van der Waals surface area contributed by atoms with E-state index in [4.69, 9.17) is 16.0 Å². The van der Waals surface area contributed by atoms with Gasteiger partial charge in [-0.2, -0.15) is 5.26 Å². The van der Waals surface area contributed by atoms with Gasteiger partial charge in [-0.1, -0.05) is 17.7 Å². The lowest BCUT2D eigenvalue weighted by Gasteiger charge is -2.16. The van der Waals surface area contributed by atoms with Crippen LogP contribution >= 0.6 is 11.6 Å². The fourth-order valence-electron chi connectivity index (χ4n) is 3.48. The highest BCUT2D eigenvalue weighted by molar-refractivity contribution is 6.30. The molecule has 0 bridgehead atoms. The standard InChI is InChI=1S/C22H19ClN6O2/c1-12(22-28-27-13(2)31-22)26-18-10-20(30)29(3)19-5-4-14(9-16(18)19)8-15-6-7-25-21(23)17(15)11-24/h4-7,9-10,12,26H,8H2,1-3H3. The topological polar surface area (TPSA) is 110 Å². The molecule has 4 aromatic rings. The summed E-state index contributed by atoms with van der Waals surface area (Å²) in [5.41, 5.74) is 3.43. The minimum Gasteiger partial charge on any atom is -0.423 e. The Hall–Kier alpha value is -3.70. The van der Waals surface area contributed by atoms with Crippen LogP contribution < -0.4 is 10.9 Å². The lowest BCUT2D eigenvalue weighted by molar-refractivity contribution is 0.451. The monoisotopic (exact) mass is 434 g/mol. The van der Waals surface area contributed by atoms with E-state index in [0.29, 0.717) is 29.5 Å². The fourth-order valence-corrected chi connectivity index (χ4v) is 3.70. The first-order valence-electron chi connectivity index (χ1n) is 9.60. The van der Waals surface area contributed by atoms with Crippen LogP contribution in [0.5, 0.6) is 0 Å². The number of fused-ring (bicyclic) bond motifs is 1. The van der Waals surface area contributed by atoms with Crippen LogP contribution in [-0.2, 0) is 13.5 Å². The Morgan fingerprint density at radius 1 is 1.29 bits per heavy atom. The van der Waals surface area contributed by atoms with Gasteiger partial charge in [0.2, 0.25) is 11.8 Å². The SMILES string of the molecule is Cc1nnc(C(C)Nc2cc(=O)n(C)c3ccc(Cc4ccnc(Cl)c4C#N)cc23)o1. The van der Waals surface area contributed by atoms with E-state index in [-0.39, 0.29) is 16.8 Å². The fraction of sp³-hybridized carbons (Fsp3) is 0.227. The van der Waals surface area contributed by atoms with Crippen LogP contribution in [0.15, 0.2) is 45.7 Å². The Kier molecular flexibility index (Phi) is 5.44. The molecule has 9 heteroatoms. The molecule has 0 amide bonds. The molecule has 0 spiro atoms. The van der Waals surface area contributed by atoms with Gasteiger partial charge in [-0.3, -0.25) is 4.79 Å². The molecule has 156 valence electrons. The van der Waals surface area contributed by atoms with Gasteiger partial charge in [0.15, 0.2) is 0 Å². The molecule has 1 unspecified atom stereocenters. The molecular weight excluding hydrogens is 416 g/mol. The second-order valence-electron chi connectivity index (χ2n) is 7.26. The Morgan fingerprint density at radius 2 is 2.10 bits per heavy atom. The van der Waals surface area contributed by atoms with Gasteiger partial charge in [0.1, 0.15) is 17.3 Å². The van der Waals surface area contributed by atoms with Crippen molar-refractivity contribution in [3.05, 3.63) is 80.5 Å². The van der Waals surface area contributed by atoms with E-state index in [1.54, 1.807) is 36.9 Å². The summed E-state index contributed by atoms with van der Waals surface area (Å²) >= 11 is 6.07. The van der Waals surface area contributed by atoms with Crippen LogP contribution in [-0.4, -0.2) is 19.7 Å². The second-order valence-corrected chi connectivity index (χ2v) is 7.61. The number of rotatable bonds is 5. The summed E-state index contributed by atoms with van der Waals surface area (Å²) < 4.78 is 7.10. The number of nitrogens with one attached hydrogen (secondary N) is 1. The van der Waals surface area contributed by atoms with Crippen LogP contribution in [0.1, 0.15) is 41.4 Å². The summed E-state index contributed by atoms with van der Waals surface area (Å²) in [4.78, 5) is 16.5. The molecule has 0 radical (unpaired) electrons. The van der Waals surface area contributed by atoms with Gasteiger partial charge >= 0.3 is 0 Å². The number of hydrogen-bond acceptors (Lipinski definition) is 7. The smallest absolute Gasteiger partial charge is 0.252 e. The van der Waals surface area contributed by atoms with Crippen molar-refractivity contribution in [2.24, 2.45) is 7.05 Å². The Labute approximate surface area is 183 Å².